The summed E-state index contributed by atoms with van der Waals surface area (Å²) < 4.78 is 13.7. The zero-order valence-corrected chi connectivity index (χ0v) is 11.6. The van der Waals surface area contributed by atoms with Crippen molar-refractivity contribution < 1.29 is 4.39 Å². The number of rotatable bonds is 4. The van der Waals surface area contributed by atoms with Gasteiger partial charge in [-0.15, -0.1) is 10.2 Å². The van der Waals surface area contributed by atoms with Crippen LogP contribution in [0, 0.1) is 5.82 Å². The first-order valence-corrected chi connectivity index (χ1v) is 6.81. The van der Waals surface area contributed by atoms with Gasteiger partial charge in [0.2, 0.25) is 0 Å². The number of nitrogens with one attached hydrogen (secondary N) is 1. The van der Waals surface area contributed by atoms with Crippen LogP contribution in [0.2, 0.25) is 5.02 Å². The molecule has 1 unspecified atom stereocenters. The standard InChI is InChI=1S/C12H13ClFN3S/c1-3-10(15-2)12-17-16-11(18-12)8-5-4-7(13)6-9(8)14/h4-6,10,15H,3H2,1-2H3. The van der Waals surface area contributed by atoms with Crippen molar-refractivity contribution in [3.63, 3.8) is 0 Å². The average Bonchev–Trinajstić information content (AvgIpc) is 2.80. The van der Waals surface area contributed by atoms with Crippen LogP contribution >= 0.6 is 22.9 Å². The smallest absolute Gasteiger partial charge is 0.150 e. The molecule has 6 heteroatoms. The number of aromatic nitrogens is 2. The second kappa shape index (κ2) is 5.73. The molecule has 2 rings (SSSR count). The van der Waals surface area contributed by atoms with Gasteiger partial charge in [-0.2, -0.15) is 0 Å². The minimum atomic E-state index is -0.372. The van der Waals surface area contributed by atoms with E-state index < -0.39 is 0 Å². The fraction of sp³-hybridized carbons (Fsp3) is 0.333. The topological polar surface area (TPSA) is 37.8 Å². The monoisotopic (exact) mass is 285 g/mol. The van der Waals surface area contributed by atoms with E-state index in [2.05, 4.69) is 22.4 Å². The Balaban J connectivity index is 2.34. The molecule has 0 fully saturated rings. The van der Waals surface area contributed by atoms with Crippen molar-refractivity contribution in [2.24, 2.45) is 0 Å². The molecular weight excluding hydrogens is 273 g/mol. The summed E-state index contributed by atoms with van der Waals surface area (Å²) in [6.07, 6.45) is 0.911. The largest absolute Gasteiger partial charge is 0.311 e. The lowest BCUT2D eigenvalue weighted by Gasteiger charge is -2.08. The summed E-state index contributed by atoms with van der Waals surface area (Å²) in [5.41, 5.74) is 0.439. The Labute approximate surface area is 114 Å². The molecule has 1 N–H and O–H groups in total. The van der Waals surface area contributed by atoms with Crippen LogP contribution in [0.15, 0.2) is 18.2 Å². The van der Waals surface area contributed by atoms with Crippen LogP contribution in [0.25, 0.3) is 10.6 Å². The van der Waals surface area contributed by atoms with Crippen LogP contribution < -0.4 is 5.32 Å². The third kappa shape index (κ3) is 2.68. The molecule has 1 aromatic heterocycles. The summed E-state index contributed by atoms with van der Waals surface area (Å²) in [6.45, 7) is 2.06. The van der Waals surface area contributed by atoms with Crippen LogP contribution in [0.3, 0.4) is 0 Å². The van der Waals surface area contributed by atoms with Gasteiger partial charge in [0, 0.05) is 10.6 Å². The summed E-state index contributed by atoms with van der Waals surface area (Å²) in [5, 5.41) is 13.1. The van der Waals surface area contributed by atoms with Gasteiger partial charge in [0.05, 0.1) is 6.04 Å². The Bertz CT molecular complexity index is 540. The van der Waals surface area contributed by atoms with E-state index in [0.29, 0.717) is 15.6 Å². The van der Waals surface area contributed by atoms with Crippen molar-refractivity contribution >= 4 is 22.9 Å². The predicted molar refractivity (Wildman–Crippen MR) is 72.4 cm³/mol. The molecule has 96 valence electrons. The van der Waals surface area contributed by atoms with Gasteiger partial charge in [0.1, 0.15) is 10.8 Å². The average molecular weight is 286 g/mol. The molecule has 0 aliphatic rings. The van der Waals surface area contributed by atoms with Crippen molar-refractivity contribution in [2.45, 2.75) is 19.4 Å². The van der Waals surface area contributed by atoms with Crippen molar-refractivity contribution in [3.8, 4) is 10.6 Å². The third-order valence-electron chi connectivity index (χ3n) is 2.66. The third-order valence-corrected chi connectivity index (χ3v) is 3.96. The Morgan fingerprint density at radius 1 is 1.44 bits per heavy atom. The van der Waals surface area contributed by atoms with E-state index in [0.717, 1.165) is 11.4 Å². The first-order valence-electron chi connectivity index (χ1n) is 5.61. The number of halogens is 2. The lowest BCUT2D eigenvalue weighted by Crippen LogP contribution is -2.14. The number of hydrogen-bond acceptors (Lipinski definition) is 4. The molecule has 0 radical (unpaired) electrons. The van der Waals surface area contributed by atoms with Crippen molar-refractivity contribution in [2.75, 3.05) is 7.05 Å². The minimum absolute atomic E-state index is 0.159. The lowest BCUT2D eigenvalue weighted by molar-refractivity contribution is 0.568. The Morgan fingerprint density at radius 2 is 2.22 bits per heavy atom. The molecule has 0 aliphatic heterocycles. The molecule has 0 saturated heterocycles. The molecule has 0 spiro atoms. The molecule has 1 heterocycles. The molecule has 0 bridgehead atoms. The SMILES string of the molecule is CCC(NC)c1nnc(-c2ccc(Cl)cc2F)s1. The van der Waals surface area contributed by atoms with Gasteiger partial charge >= 0.3 is 0 Å². The zero-order chi connectivity index (χ0) is 13.1. The number of benzene rings is 1. The maximum atomic E-state index is 13.7. The van der Waals surface area contributed by atoms with Gasteiger partial charge in [-0.1, -0.05) is 29.9 Å². The minimum Gasteiger partial charge on any atom is -0.311 e. The fourth-order valence-electron chi connectivity index (χ4n) is 1.65. The van der Waals surface area contributed by atoms with Gasteiger partial charge in [0.15, 0.2) is 5.01 Å². The predicted octanol–water partition coefficient (Wildman–Crippen LogP) is 3.67. The summed E-state index contributed by atoms with van der Waals surface area (Å²) in [4.78, 5) is 0. The molecule has 1 atom stereocenters. The molecule has 0 saturated carbocycles. The fourth-order valence-corrected chi connectivity index (χ4v) is 2.87. The first kappa shape index (κ1) is 13.4. The molecule has 0 aliphatic carbocycles. The molecule has 1 aromatic carbocycles. The lowest BCUT2D eigenvalue weighted by atomic mass is 10.2. The van der Waals surface area contributed by atoms with E-state index in [1.165, 1.54) is 17.4 Å². The van der Waals surface area contributed by atoms with Crippen molar-refractivity contribution in [3.05, 3.63) is 34.0 Å². The maximum Gasteiger partial charge on any atom is 0.150 e. The Kier molecular flexibility index (Phi) is 4.27. The zero-order valence-electron chi connectivity index (χ0n) is 10.1. The first-order chi connectivity index (χ1) is 8.65. The summed E-state index contributed by atoms with van der Waals surface area (Å²) in [7, 11) is 1.87. The summed E-state index contributed by atoms with van der Waals surface area (Å²) in [6, 6.07) is 4.72. The van der Waals surface area contributed by atoms with Crippen molar-refractivity contribution in [1.82, 2.24) is 15.5 Å². The molecule has 0 amide bonds. The Morgan fingerprint density at radius 3 is 2.83 bits per heavy atom. The van der Waals surface area contributed by atoms with E-state index in [9.17, 15) is 4.39 Å². The number of nitrogens with zero attached hydrogens (tertiary/aromatic N) is 2. The highest BCUT2D eigenvalue weighted by Crippen LogP contribution is 2.30. The second-order valence-corrected chi connectivity index (χ2v) is 5.26. The molecule has 2 aromatic rings. The highest BCUT2D eigenvalue weighted by Gasteiger charge is 2.16. The second-order valence-electron chi connectivity index (χ2n) is 3.82. The van der Waals surface area contributed by atoms with E-state index in [1.807, 2.05) is 7.05 Å². The van der Waals surface area contributed by atoms with Crippen LogP contribution in [0.5, 0.6) is 0 Å². The van der Waals surface area contributed by atoms with E-state index >= 15 is 0 Å². The van der Waals surface area contributed by atoms with Gasteiger partial charge in [-0.3, -0.25) is 0 Å². The van der Waals surface area contributed by atoms with E-state index in [1.54, 1.807) is 12.1 Å². The van der Waals surface area contributed by atoms with E-state index in [-0.39, 0.29) is 11.9 Å². The van der Waals surface area contributed by atoms with Crippen LogP contribution in [0.4, 0.5) is 4.39 Å². The van der Waals surface area contributed by atoms with Crippen molar-refractivity contribution in [1.29, 1.82) is 0 Å². The molecule has 3 nitrogen and oxygen atoms in total. The molecule has 18 heavy (non-hydrogen) atoms. The van der Waals surface area contributed by atoms with Crippen LogP contribution in [0.1, 0.15) is 24.4 Å². The number of hydrogen-bond donors (Lipinski definition) is 1. The maximum absolute atomic E-state index is 13.7. The normalized spacial score (nSPS) is 12.7. The van der Waals surface area contributed by atoms with Crippen LogP contribution in [-0.2, 0) is 0 Å². The van der Waals surface area contributed by atoms with Crippen LogP contribution in [-0.4, -0.2) is 17.2 Å². The highest BCUT2D eigenvalue weighted by atomic mass is 35.5. The molecular formula is C12H13ClFN3S. The summed E-state index contributed by atoms with van der Waals surface area (Å²) >= 11 is 7.12. The van der Waals surface area contributed by atoms with Gasteiger partial charge < -0.3 is 5.32 Å². The van der Waals surface area contributed by atoms with Gasteiger partial charge in [-0.05, 0) is 31.7 Å². The Hall–Kier alpha value is -1.04. The highest BCUT2D eigenvalue weighted by molar-refractivity contribution is 7.14. The summed E-state index contributed by atoms with van der Waals surface area (Å²) in [5.74, 6) is -0.372. The van der Waals surface area contributed by atoms with Gasteiger partial charge in [-0.25, -0.2) is 4.39 Å². The quantitative estimate of drug-likeness (QED) is 0.931. The van der Waals surface area contributed by atoms with Gasteiger partial charge in [0.25, 0.3) is 0 Å². The van der Waals surface area contributed by atoms with E-state index in [4.69, 9.17) is 11.6 Å².